The van der Waals surface area contributed by atoms with E-state index in [0.29, 0.717) is 4.24 Å². The predicted molar refractivity (Wildman–Crippen MR) is 58.6 cm³/mol. The summed E-state index contributed by atoms with van der Waals surface area (Å²) < 4.78 is 26.9. The first-order chi connectivity index (χ1) is 5.74. The van der Waals surface area contributed by atoms with Crippen LogP contribution in [0.5, 0.6) is 0 Å². The SMILES string of the molecule is CSC1=C(F)C2=S(SC=C2F)S1. The van der Waals surface area contributed by atoms with Crippen molar-refractivity contribution in [2.45, 2.75) is 0 Å². The van der Waals surface area contributed by atoms with E-state index < -0.39 is 5.83 Å². The number of thioether (sulfide) groups is 1. The number of hydrogen-bond acceptors (Lipinski definition) is 3. The van der Waals surface area contributed by atoms with Crippen molar-refractivity contribution in [3.05, 3.63) is 21.3 Å². The van der Waals surface area contributed by atoms with Crippen LogP contribution in [0.2, 0.25) is 0 Å². The fourth-order valence-electron chi connectivity index (χ4n) is 0.828. The molecule has 0 radical (unpaired) electrons. The van der Waals surface area contributed by atoms with E-state index >= 15 is 0 Å². The van der Waals surface area contributed by atoms with Crippen LogP contribution in [-0.4, -0.2) is 11.1 Å². The summed E-state index contributed by atoms with van der Waals surface area (Å²) in [5.41, 5.74) is 0. The van der Waals surface area contributed by atoms with E-state index in [9.17, 15) is 8.78 Å². The molecule has 2 aliphatic rings. The minimum absolute atomic E-state index is 0.273. The topological polar surface area (TPSA) is 0 Å². The lowest BCUT2D eigenvalue weighted by Gasteiger charge is -1.96. The first kappa shape index (κ1) is 9.18. The summed E-state index contributed by atoms with van der Waals surface area (Å²) >= 11 is 1.35. The largest absolute Gasteiger partial charge is 0.205 e. The van der Waals surface area contributed by atoms with Gasteiger partial charge in [-0.3, -0.25) is 0 Å². The van der Waals surface area contributed by atoms with Gasteiger partial charge in [-0.2, -0.15) is 0 Å². The second-order valence-corrected chi connectivity index (χ2v) is 8.68. The molecular weight excluding hydrogens is 238 g/mol. The summed E-state index contributed by atoms with van der Waals surface area (Å²) in [5.74, 6) is -0.744. The standard InChI is InChI=1S/C6H4F2S4/c1-9-6-4(8)5-3(7)2-10-12(5)11-6/h2H,1H3. The highest BCUT2D eigenvalue weighted by atomic mass is 33.5. The molecule has 1 atom stereocenters. The zero-order valence-corrected chi connectivity index (χ0v) is 9.23. The van der Waals surface area contributed by atoms with E-state index in [0.717, 1.165) is 0 Å². The van der Waals surface area contributed by atoms with Gasteiger partial charge in [-0.1, -0.05) is 10.8 Å². The Labute approximate surface area is 83.0 Å². The summed E-state index contributed by atoms with van der Waals surface area (Å²) in [7, 11) is 2.44. The van der Waals surface area contributed by atoms with E-state index in [1.807, 2.05) is 0 Å². The summed E-state index contributed by atoms with van der Waals surface area (Å²) in [6, 6.07) is 0. The second kappa shape index (κ2) is 3.40. The highest BCUT2D eigenvalue weighted by Crippen LogP contribution is 2.62. The van der Waals surface area contributed by atoms with Crippen molar-refractivity contribution in [2.75, 3.05) is 6.26 Å². The molecule has 0 aromatic heterocycles. The highest BCUT2D eigenvalue weighted by Gasteiger charge is 2.31. The molecule has 6 heteroatoms. The van der Waals surface area contributed by atoms with Crippen LogP contribution in [0.4, 0.5) is 8.78 Å². The van der Waals surface area contributed by atoms with Crippen LogP contribution < -0.4 is 0 Å². The Kier molecular flexibility index (Phi) is 2.60. The van der Waals surface area contributed by atoms with Gasteiger partial charge in [-0.15, -0.1) is 11.8 Å². The molecule has 0 aromatic carbocycles. The van der Waals surface area contributed by atoms with Gasteiger partial charge in [-0.05, 0) is 25.6 Å². The molecule has 0 N–H and O–H groups in total. The molecule has 0 nitrogen and oxygen atoms in total. The molecule has 2 heterocycles. The Morgan fingerprint density at radius 2 is 2.25 bits per heavy atom. The molecule has 0 amide bonds. The Hall–Kier alpha value is 0.610. The van der Waals surface area contributed by atoms with Gasteiger partial charge in [0.05, 0.1) is 9.10 Å². The van der Waals surface area contributed by atoms with E-state index in [1.54, 1.807) is 6.26 Å². The Morgan fingerprint density at radius 1 is 1.50 bits per heavy atom. The molecule has 2 aliphatic heterocycles. The third-order valence-corrected chi connectivity index (χ3v) is 8.71. The third kappa shape index (κ3) is 1.29. The van der Waals surface area contributed by atoms with E-state index in [4.69, 9.17) is 0 Å². The van der Waals surface area contributed by atoms with Gasteiger partial charge < -0.3 is 0 Å². The van der Waals surface area contributed by atoms with Crippen LogP contribution in [0.1, 0.15) is 0 Å². The molecule has 0 spiro atoms. The van der Waals surface area contributed by atoms with Crippen LogP contribution >= 0.6 is 41.9 Å². The maximum absolute atomic E-state index is 13.3. The molecule has 0 aromatic rings. The van der Waals surface area contributed by atoms with Crippen molar-refractivity contribution in [1.29, 1.82) is 0 Å². The van der Waals surface area contributed by atoms with E-state index in [-0.39, 0.29) is 19.2 Å². The maximum atomic E-state index is 13.3. The number of rotatable bonds is 1. The molecular formula is C6H4F2S4. The quantitative estimate of drug-likeness (QED) is 0.502. The van der Waals surface area contributed by atoms with Crippen LogP contribution in [0.3, 0.4) is 0 Å². The summed E-state index contributed by atoms with van der Waals surface area (Å²) in [6.07, 6.45) is 1.81. The minimum Gasteiger partial charge on any atom is -0.205 e. The van der Waals surface area contributed by atoms with E-state index in [2.05, 4.69) is 0 Å². The van der Waals surface area contributed by atoms with Crippen LogP contribution in [0.25, 0.3) is 0 Å². The summed E-state index contributed by atoms with van der Waals surface area (Å²) in [5, 5.41) is 1.39. The van der Waals surface area contributed by atoms with Crippen LogP contribution in [0, 0.1) is 0 Å². The van der Waals surface area contributed by atoms with Gasteiger partial charge in [0, 0.05) is 5.41 Å². The fourth-order valence-corrected chi connectivity index (χ4v) is 8.53. The average molecular weight is 242 g/mol. The highest BCUT2D eigenvalue weighted by molar-refractivity contribution is 9.18. The smallest absolute Gasteiger partial charge is 0.161 e. The Bertz CT molecular complexity index is 328. The predicted octanol–water partition coefficient (Wildman–Crippen LogP) is 4.06. The van der Waals surface area contributed by atoms with Gasteiger partial charge in [0.1, 0.15) is 5.83 Å². The zero-order chi connectivity index (χ0) is 8.72. The summed E-state index contributed by atoms with van der Waals surface area (Å²) in [4.78, 5) is 0.273. The van der Waals surface area contributed by atoms with Crippen molar-refractivity contribution >= 4 is 46.8 Å². The second-order valence-electron chi connectivity index (χ2n) is 2.01. The van der Waals surface area contributed by atoms with Crippen molar-refractivity contribution in [2.24, 2.45) is 0 Å². The third-order valence-electron chi connectivity index (χ3n) is 1.34. The molecule has 0 saturated heterocycles. The van der Waals surface area contributed by atoms with Crippen molar-refractivity contribution in [1.82, 2.24) is 0 Å². The number of allylic oxidation sites excluding steroid dienone is 2. The number of halogens is 2. The van der Waals surface area contributed by atoms with Crippen LogP contribution in [0.15, 0.2) is 21.3 Å². The van der Waals surface area contributed by atoms with Crippen LogP contribution in [-0.2, 0) is 0 Å². The molecule has 0 saturated carbocycles. The average Bonchev–Trinajstić information content (AvgIpc) is 2.55. The zero-order valence-electron chi connectivity index (χ0n) is 5.97. The molecule has 0 bridgehead atoms. The van der Waals surface area contributed by atoms with Gasteiger partial charge >= 0.3 is 0 Å². The molecule has 66 valence electrons. The summed E-state index contributed by atoms with van der Waals surface area (Å²) in [6.45, 7) is 0. The molecule has 0 aliphatic carbocycles. The van der Waals surface area contributed by atoms with Gasteiger partial charge in [0.2, 0.25) is 0 Å². The normalized spacial score (nSPS) is 28.1. The van der Waals surface area contributed by atoms with E-state index in [1.165, 1.54) is 38.8 Å². The monoisotopic (exact) mass is 242 g/mol. The maximum Gasteiger partial charge on any atom is 0.161 e. The number of hydrogen-bond donors (Lipinski definition) is 0. The minimum atomic E-state index is -0.391. The first-order valence-corrected chi connectivity index (χ1v) is 8.19. The van der Waals surface area contributed by atoms with Gasteiger partial charge in [-0.25, -0.2) is 8.78 Å². The Morgan fingerprint density at radius 3 is 2.83 bits per heavy atom. The van der Waals surface area contributed by atoms with Crippen molar-refractivity contribution in [3.8, 4) is 0 Å². The lowest BCUT2D eigenvalue weighted by Crippen LogP contribution is -1.93. The van der Waals surface area contributed by atoms with Gasteiger partial charge in [0.25, 0.3) is 0 Å². The van der Waals surface area contributed by atoms with Crippen molar-refractivity contribution in [3.63, 3.8) is 0 Å². The molecule has 1 unspecified atom stereocenters. The van der Waals surface area contributed by atoms with Gasteiger partial charge in [0.15, 0.2) is 5.83 Å². The molecule has 12 heavy (non-hydrogen) atoms. The van der Waals surface area contributed by atoms with Crippen molar-refractivity contribution < 1.29 is 8.78 Å². The lowest BCUT2D eigenvalue weighted by atomic mass is 10.4. The Balaban J connectivity index is 2.39. The molecule has 0 fully saturated rings. The lowest BCUT2D eigenvalue weighted by molar-refractivity contribution is 0.655. The first-order valence-electron chi connectivity index (χ1n) is 3.01. The fraction of sp³-hybridized carbons (Fsp3) is 0.167. The molecule has 2 rings (SSSR count).